The Kier molecular flexibility index (Phi) is 4.70. The fraction of sp³-hybridized carbons (Fsp3) is 0.150. The van der Waals surface area contributed by atoms with E-state index in [0.29, 0.717) is 27.4 Å². The fourth-order valence-corrected chi connectivity index (χ4v) is 4.09. The van der Waals surface area contributed by atoms with Crippen LogP contribution in [-0.2, 0) is 11.3 Å². The number of nitrogens with one attached hydrogen (secondary N) is 1. The quantitative estimate of drug-likeness (QED) is 0.561. The number of fused-ring (bicyclic) bond motifs is 3. The number of anilines is 1. The molecule has 0 aliphatic rings. The van der Waals surface area contributed by atoms with Gasteiger partial charge in [0.2, 0.25) is 5.91 Å². The number of amides is 1. The molecule has 2 aromatic carbocycles. The van der Waals surface area contributed by atoms with Gasteiger partial charge in [0, 0.05) is 16.2 Å². The van der Waals surface area contributed by atoms with Crippen LogP contribution in [0.25, 0.3) is 20.3 Å². The molecule has 0 bridgehead atoms. The topological polar surface area (TPSA) is 82.4 Å². The Labute approximate surface area is 164 Å². The van der Waals surface area contributed by atoms with Crippen molar-refractivity contribution in [2.75, 3.05) is 19.5 Å². The summed E-state index contributed by atoms with van der Waals surface area (Å²) in [5.74, 6) is 0.720. The number of methoxy groups -OCH3 is 2. The number of carbonyl (C=O) groups is 1. The Morgan fingerprint density at radius 3 is 2.79 bits per heavy atom. The van der Waals surface area contributed by atoms with Crippen molar-refractivity contribution in [1.29, 1.82) is 0 Å². The maximum Gasteiger partial charge on any atom is 0.271 e. The number of ether oxygens (including phenoxy) is 2. The van der Waals surface area contributed by atoms with Crippen LogP contribution in [0.3, 0.4) is 0 Å². The van der Waals surface area contributed by atoms with Gasteiger partial charge in [0.1, 0.15) is 22.7 Å². The molecule has 4 aromatic rings. The van der Waals surface area contributed by atoms with Crippen LogP contribution < -0.4 is 20.3 Å². The molecule has 142 valence electrons. The molecular weight excluding hydrogens is 378 g/mol. The van der Waals surface area contributed by atoms with E-state index in [-0.39, 0.29) is 18.0 Å². The lowest BCUT2D eigenvalue weighted by Gasteiger charge is -2.12. The molecule has 2 aromatic heterocycles. The van der Waals surface area contributed by atoms with Crippen LogP contribution in [0.2, 0.25) is 0 Å². The molecule has 0 aliphatic heterocycles. The maximum atomic E-state index is 12.8. The summed E-state index contributed by atoms with van der Waals surface area (Å²) in [5, 5.41) is 3.70. The lowest BCUT2D eigenvalue weighted by molar-refractivity contribution is -0.116. The van der Waals surface area contributed by atoms with E-state index in [9.17, 15) is 9.59 Å². The third-order valence-electron chi connectivity index (χ3n) is 4.35. The number of carbonyl (C=O) groups excluding carboxylic acids is 1. The van der Waals surface area contributed by atoms with Crippen LogP contribution >= 0.6 is 11.3 Å². The molecule has 0 atom stereocenters. The Hall–Kier alpha value is -3.39. The van der Waals surface area contributed by atoms with E-state index >= 15 is 0 Å². The second kappa shape index (κ2) is 7.32. The summed E-state index contributed by atoms with van der Waals surface area (Å²) in [4.78, 5) is 29.7. The van der Waals surface area contributed by atoms with E-state index in [1.165, 1.54) is 29.3 Å². The molecule has 28 heavy (non-hydrogen) atoms. The highest BCUT2D eigenvalue weighted by molar-refractivity contribution is 7.25. The van der Waals surface area contributed by atoms with Crippen molar-refractivity contribution in [1.82, 2.24) is 9.55 Å². The molecule has 0 saturated heterocycles. The summed E-state index contributed by atoms with van der Waals surface area (Å²) in [6.07, 6.45) is 1.41. The highest BCUT2D eigenvalue weighted by atomic mass is 32.1. The van der Waals surface area contributed by atoms with E-state index in [0.717, 1.165) is 10.1 Å². The minimum absolute atomic E-state index is 0.156. The van der Waals surface area contributed by atoms with Crippen LogP contribution in [-0.4, -0.2) is 29.7 Å². The average Bonchev–Trinajstić information content (AvgIpc) is 3.09. The summed E-state index contributed by atoms with van der Waals surface area (Å²) >= 11 is 1.38. The van der Waals surface area contributed by atoms with Gasteiger partial charge in [0.05, 0.1) is 31.8 Å². The zero-order valence-electron chi connectivity index (χ0n) is 15.3. The molecule has 0 fully saturated rings. The minimum Gasteiger partial charge on any atom is -0.497 e. The first-order valence-electron chi connectivity index (χ1n) is 8.49. The van der Waals surface area contributed by atoms with Crippen LogP contribution in [0.5, 0.6) is 11.5 Å². The van der Waals surface area contributed by atoms with Gasteiger partial charge in [-0.2, -0.15) is 0 Å². The number of thiophene rings is 1. The molecule has 2 heterocycles. The van der Waals surface area contributed by atoms with E-state index in [4.69, 9.17) is 9.47 Å². The largest absolute Gasteiger partial charge is 0.497 e. The fourth-order valence-electron chi connectivity index (χ4n) is 2.98. The molecule has 0 radical (unpaired) electrons. The number of rotatable bonds is 5. The van der Waals surface area contributed by atoms with Crippen molar-refractivity contribution in [3.05, 3.63) is 59.1 Å². The minimum atomic E-state index is -0.365. The van der Waals surface area contributed by atoms with E-state index in [1.807, 2.05) is 24.3 Å². The summed E-state index contributed by atoms with van der Waals surface area (Å²) < 4.78 is 13.3. The maximum absolute atomic E-state index is 12.8. The first-order valence-corrected chi connectivity index (χ1v) is 9.31. The molecule has 0 aliphatic carbocycles. The van der Waals surface area contributed by atoms with E-state index in [2.05, 4.69) is 10.3 Å². The normalized spacial score (nSPS) is 10.9. The molecule has 4 rings (SSSR count). The van der Waals surface area contributed by atoms with Gasteiger partial charge < -0.3 is 14.8 Å². The van der Waals surface area contributed by atoms with Crippen LogP contribution in [0.15, 0.2) is 53.6 Å². The van der Waals surface area contributed by atoms with Crippen molar-refractivity contribution in [3.8, 4) is 11.5 Å². The second-order valence-corrected chi connectivity index (χ2v) is 7.12. The van der Waals surface area contributed by atoms with Gasteiger partial charge in [-0.3, -0.25) is 14.2 Å². The zero-order valence-corrected chi connectivity index (χ0v) is 16.1. The summed E-state index contributed by atoms with van der Waals surface area (Å²) in [7, 11) is 3.06. The number of hydrogen-bond donors (Lipinski definition) is 1. The zero-order chi connectivity index (χ0) is 19.7. The van der Waals surface area contributed by atoms with Crippen molar-refractivity contribution in [2.45, 2.75) is 6.54 Å². The number of benzene rings is 2. The summed E-state index contributed by atoms with van der Waals surface area (Å²) in [5.41, 5.74) is 0.895. The Morgan fingerprint density at radius 2 is 2.00 bits per heavy atom. The molecule has 0 spiro atoms. The van der Waals surface area contributed by atoms with Gasteiger partial charge in [-0.15, -0.1) is 11.3 Å². The monoisotopic (exact) mass is 395 g/mol. The Balaban J connectivity index is 1.63. The molecule has 0 saturated carbocycles. The van der Waals surface area contributed by atoms with E-state index in [1.54, 1.807) is 25.3 Å². The van der Waals surface area contributed by atoms with Gasteiger partial charge in [-0.1, -0.05) is 18.2 Å². The molecule has 8 heteroatoms. The number of hydrogen-bond acceptors (Lipinski definition) is 6. The molecular formula is C20H17N3O4S. The lowest BCUT2D eigenvalue weighted by atomic mass is 10.2. The highest BCUT2D eigenvalue weighted by Gasteiger charge is 2.14. The summed E-state index contributed by atoms with van der Waals surface area (Å²) in [6, 6.07) is 12.8. The van der Waals surface area contributed by atoms with Gasteiger partial charge in [-0.25, -0.2) is 4.98 Å². The average molecular weight is 395 g/mol. The van der Waals surface area contributed by atoms with Crippen molar-refractivity contribution in [2.24, 2.45) is 0 Å². The Bertz CT molecular complexity index is 1250. The van der Waals surface area contributed by atoms with Gasteiger partial charge in [0.15, 0.2) is 0 Å². The standard InChI is InChI=1S/C20H17N3O4S/c1-26-12-7-8-15(27-2)14(9-12)22-17(24)10-23-11-21-18-13-5-3-4-6-16(13)28-19(18)20(23)25/h3-9,11H,10H2,1-2H3,(H,22,24). The van der Waals surface area contributed by atoms with Crippen LogP contribution in [0.1, 0.15) is 0 Å². The van der Waals surface area contributed by atoms with E-state index < -0.39 is 0 Å². The van der Waals surface area contributed by atoms with Crippen molar-refractivity contribution in [3.63, 3.8) is 0 Å². The predicted octanol–water partition coefficient (Wildman–Crippen LogP) is 3.27. The first kappa shape index (κ1) is 18.0. The van der Waals surface area contributed by atoms with Gasteiger partial charge in [-0.05, 0) is 18.2 Å². The number of nitrogens with zero attached hydrogens (tertiary/aromatic N) is 2. The summed E-state index contributed by atoms with van der Waals surface area (Å²) in [6.45, 7) is -0.156. The Morgan fingerprint density at radius 1 is 1.18 bits per heavy atom. The molecule has 7 nitrogen and oxygen atoms in total. The van der Waals surface area contributed by atoms with Crippen molar-refractivity contribution < 1.29 is 14.3 Å². The SMILES string of the molecule is COc1ccc(OC)c(NC(=O)Cn2cnc3c(sc4ccccc43)c2=O)c1. The van der Waals surface area contributed by atoms with Crippen molar-refractivity contribution >= 4 is 43.2 Å². The highest BCUT2D eigenvalue weighted by Crippen LogP contribution is 2.30. The lowest BCUT2D eigenvalue weighted by Crippen LogP contribution is -2.27. The van der Waals surface area contributed by atoms with Crippen LogP contribution in [0.4, 0.5) is 5.69 Å². The third kappa shape index (κ3) is 3.18. The van der Waals surface area contributed by atoms with Gasteiger partial charge in [0.25, 0.3) is 5.56 Å². The number of aromatic nitrogens is 2. The predicted molar refractivity (Wildman–Crippen MR) is 110 cm³/mol. The second-order valence-electron chi connectivity index (χ2n) is 6.07. The van der Waals surface area contributed by atoms with Gasteiger partial charge >= 0.3 is 0 Å². The smallest absolute Gasteiger partial charge is 0.271 e. The molecule has 0 unspecified atom stereocenters. The third-order valence-corrected chi connectivity index (χ3v) is 5.49. The first-order chi connectivity index (χ1) is 13.6. The molecule has 1 N–H and O–H groups in total. The van der Waals surface area contributed by atoms with Crippen LogP contribution in [0, 0.1) is 0 Å². The molecule has 1 amide bonds.